The van der Waals surface area contributed by atoms with Crippen molar-refractivity contribution < 1.29 is 0 Å². The Labute approximate surface area is 182 Å². The summed E-state index contributed by atoms with van der Waals surface area (Å²) in [6, 6.07) is 21.5. The Kier molecular flexibility index (Phi) is 3.46. The van der Waals surface area contributed by atoms with Crippen LogP contribution in [0.1, 0.15) is 0 Å². The van der Waals surface area contributed by atoms with Crippen molar-refractivity contribution in [1.82, 2.24) is 29.1 Å². The molecule has 7 rings (SSSR count). The van der Waals surface area contributed by atoms with Gasteiger partial charge in [-0.25, -0.2) is 19.9 Å². The fourth-order valence-electron chi connectivity index (χ4n) is 4.80. The minimum Gasteiger partial charge on any atom is -0.306 e. The predicted molar refractivity (Wildman–Crippen MR) is 126 cm³/mol. The van der Waals surface area contributed by atoms with Crippen molar-refractivity contribution in [3.63, 3.8) is 0 Å². The van der Waals surface area contributed by atoms with Gasteiger partial charge in [-0.15, -0.1) is 0 Å². The summed E-state index contributed by atoms with van der Waals surface area (Å²) in [5.41, 5.74) is 6.39. The number of benzene rings is 3. The van der Waals surface area contributed by atoms with E-state index in [1.165, 1.54) is 21.5 Å². The SMILES string of the molecule is c1ccc2c(c1)c1cc3c(cc1n2-c1cncnc1)c1ccccc1n3-c1cncnc1. The normalized spacial score (nSPS) is 11.8. The minimum atomic E-state index is 0.943. The standard InChI is InChI=1S/C26H16N6/c1-3-7-23-19(5-1)21-9-26-22(10-25(21)31(23)17-11-27-15-28-12-17)20-6-2-4-8-24(20)32(26)18-13-29-16-30-14-18/h1-16H. The lowest BCUT2D eigenvalue weighted by Gasteiger charge is -2.08. The lowest BCUT2D eigenvalue weighted by Crippen LogP contribution is -1.96. The summed E-state index contributed by atoms with van der Waals surface area (Å²) in [5, 5.41) is 4.74. The lowest BCUT2D eigenvalue weighted by molar-refractivity contribution is 1.07. The van der Waals surface area contributed by atoms with Crippen LogP contribution in [0.25, 0.3) is 55.0 Å². The molecule has 0 unspecified atom stereocenters. The zero-order valence-electron chi connectivity index (χ0n) is 16.9. The molecule has 0 aliphatic heterocycles. The summed E-state index contributed by atoms with van der Waals surface area (Å²) < 4.78 is 4.48. The zero-order chi connectivity index (χ0) is 21.1. The third kappa shape index (κ3) is 2.29. The zero-order valence-corrected chi connectivity index (χ0v) is 16.9. The van der Waals surface area contributed by atoms with Gasteiger partial charge in [-0.3, -0.25) is 0 Å². The maximum atomic E-state index is 4.26. The van der Waals surface area contributed by atoms with Gasteiger partial charge in [-0.05, 0) is 24.3 Å². The van der Waals surface area contributed by atoms with Gasteiger partial charge in [0.2, 0.25) is 0 Å². The molecule has 0 fully saturated rings. The highest BCUT2D eigenvalue weighted by atomic mass is 15.0. The van der Waals surface area contributed by atoms with E-state index in [4.69, 9.17) is 0 Å². The van der Waals surface area contributed by atoms with Gasteiger partial charge in [0.15, 0.2) is 0 Å². The number of hydrogen-bond donors (Lipinski definition) is 0. The second-order valence-corrected chi connectivity index (χ2v) is 7.78. The van der Waals surface area contributed by atoms with Gasteiger partial charge in [0.05, 0.1) is 58.2 Å². The Morgan fingerprint density at radius 2 is 0.844 bits per heavy atom. The number of nitrogens with zero attached hydrogens (tertiary/aromatic N) is 6. The van der Waals surface area contributed by atoms with Gasteiger partial charge in [0.1, 0.15) is 12.7 Å². The average molecular weight is 412 g/mol. The number of rotatable bonds is 2. The van der Waals surface area contributed by atoms with E-state index in [1.807, 2.05) is 24.8 Å². The van der Waals surface area contributed by atoms with Crippen LogP contribution in [-0.4, -0.2) is 29.1 Å². The molecule has 0 saturated carbocycles. The van der Waals surface area contributed by atoms with Gasteiger partial charge < -0.3 is 9.13 Å². The first-order valence-corrected chi connectivity index (χ1v) is 10.4. The Balaban J connectivity index is 1.71. The van der Waals surface area contributed by atoms with Crippen molar-refractivity contribution in [2.75, 3.05) is 0 Å². The van der Waals surface area contributed by atoms with Gasteiger partial charge in [-0.2, -0.15) is 0 Å². The quantitative estimate of drug-likeness (QED) is 0.378. The number of hydrogen-bond acceptors (Lipinski definition) is 4. The molecule has 150 valence electrons. The summed E-state index contributed by atoms with van der Waals surface area (Å²) >= 11 is 0. The molecule has 6 heteroatoms. The topological polar surface area (TPSA) is 61.4 Å². The Hall–Kier alpha value is -4.58. The molecule has 0 atom stereocenters. The molecule has 0 aliphatic carbocycles. The van der Waals surface area contributed by atoms with E-state index >= 15 is 0 Å². The molecular weight excluding hydrogens is 396 g/mol. The highest BCUT2D eigenvalue weighted by Crippen LogP contribution is 2.38. The first kappa shape index (κ1) is 17.1. The molecular formula is C26H16N6. The van der Waals surface area contributed by atoms with Crippen LogP contribution in [-0.2, 0) is 0 Å². The van der Waals surface area contributed by atoms with E-state index in [-0.39, 0.29) is 0 Å². The van der Waals surface area contributed by atoms with Gasteiger partial charge >= 0.3 is 0 Å². The summed E-state index contributed by atoms with van der Waals surface area (Å²) in [7, 11) is 0. The van der Waals surface area contributed by atoms with Crippen LogP contribution >= 0.6 is 0 Å². The van der Waals surface area contributed by atoms with Crippen molar-refractivity contribution in [3.8, 4) is 11.4 Å². The number of aromatic nitrogens is 6. The molecule has 0 radical (unpaired) electrons. The van der Waals surface area contributed by atoms with E-state index in [9.17, 15) is 0 Å². The van der Waals surface area contributed by atoms with E-state index in [0.717, 1.165) is 33.4 Å². The Bertz CT molecular complexity index is 1630. The highest BCUT2D eigenvalue weighted by molar-refractivity contribution is 6.18. The molecule has 0 bridgehead atoms. The van der Waals surface area contributed by atoms with Crippen LogP contribution in [0.5, 0.6) is 0 Å². The molecule has 32 heavy (non-hydrogen) atoms. The first-order valence-electron chi connectivity index (χ1n) is 10.4. The fourth-order valence-corrected chi connectivity index (χ4v) is 4.80. The molecule has 4 aromatic heterocycles. The van der Waals surface area contributed by atoms with Crippen LogP contribution in [0.3, 0.4) is 0 Å². The summed E-state index contributed by atoms with van der Waals surface area (Å²) in [6.07, 6.45) is 10.5. The van der Waals surface area contributed by atoms with E-state index < -0.39 is 0 Å². The fraction of sp³-hybridized carbons (Fsp3) is 0. The van der Waals surface area contributed by atoms with Crippen molar-refractivity contribution in [1.29, 1.82) is 0 Å². The smallest absolute Gasteiger partial charge is 0.115 e. The minimum absolute atomic E-state index is 0.943. The number of fused-ring (bicyclic) bond motifs is 6. The second kappa shape index (κ2) is 6.46. The maximum Gasteiger partial charge on any atom is 0.115 e. The third-order valence-electron chi connectivity index (χ3n) is 6.08. The molecule has 6 nitrogen and oxygen atoms in total. The monoisotopic (exact) mass is 412 g/mol. The van der Waals surface area contributed by atoms with Crippen molar-refractivity contribution in [3.05, 3.63) is 98.1 Å². The van der Waals surface area contributed by atoms with Gasteiger partial charge in [0, 0.05) is 21.5 Å². The molecule has 0 saturated heterocycles. The maximum absolute atomic E-state index is 4.26. The molecule has 7 aromatic rings. The van der Waals surface area contributed by atoms with Gasteiger partial charge in [-0.1, -0.05) is 36.4 Å². The molecule has 4 heterocycles. The summed E-state index contributed by atoms with van der Waals surface area (Å²) in [4.78, 5) is 17.0. The van der Waals surface area contributed by atoms with E-state index in [2.05, 4.69) is 89.7 Å². The van der Waals surface area contributed by atoms with Crippen molar-refractivity contribution >= 4 is 43.6 Å². The third-order valence-corrected chi connectivity index (χ3v) is 6.08. The molecule has 0 amide bonds. The molecule has 0 N–H and O–H groups in total. The van der Waals surface area contributed by atoms with E-state index in [0.29, 0.717) is 0 Å². The van der Waals surface area contributed by atoms with Crippen molar-refractivity contribution in [2.24, 2.45) is 0 Å². The lowest BCUT2D eigenvalue weighted by atomic mass is 10.1. The summed E-state index contributed by atoms with van der Waals surface area (Å²) in [6.45, 7) is 0. The molecule has 3 aromatic carbocycles. The first-order chi connectivity index (χ1) is 15.9. The van der Waals surface area contributed by atoms with Crippen LogP contribution in [0, 0.1) is 0 Å². The Morgan fingerprint density at radius 3 is 1.28 bits per heavy atom. The largest absolute Gasteiger partial charge is 0.306 e. The van der Waals surface area contributed by atoms with Crippen molar-refractivity contribution in [2.45, 2.75) is 0 Å². The highest BCUT2D eigenvalue weighted by Gasteiger charge is 2.18. The summed E-state index contributed by atoms with van der Waals surface area (Å²) in [5.74, 6) is 0. The number of para-hydroxylation sites is 2. The van der Waals surface area contributed by atoms with Crippen LogP contribution < -0.4 is 0 Å². The second-order valence-electron chi connectivity index (χ2n) is 7.78. The van der Waals surface area contributed by atoms with Gasteiger partial charge in [0.25, 0.3) is 0 Å². The average Bonchev–Trinajstić information content (AvgIpc) is 3.36. The van der Waals surface area contributed by atoms with E-state index in [1.54, 1.807) is 12.7 Å². The Morgan fingerprint density at radius 1 is 0.438 bits per heavy atom. The van der Waals surface area contributed by atoms with Crippen LogP contribution in [0.4, 0.5) is 0 Å². The van der Waals surface area contributed by atoms with Crippen LogP contribution in [0.2, 0.25) is 0 Å². The predicted octanol–water partition coefficient (Wildman–Crippen LogP) is 5.46. The molecule has 0 spiro atoms. The molecule has 0 aliphatic rings. The van der Waals surface area contributed by atoms with Crippen LogP contribution in [0.15, 0.2) is 98.1 Å².